The Morgan fingerprint density at radius 1 is 1.39 bits per heavy atom. The molecule has 0 N–H and O–H groups in total. The van der Waals surface area contributed by atoms with Gasteiger partial charge in [-0.25, -0.2) is 4.39 Å². The van der Waals surface area contributed by atoms with E-state index in [9.17, 15) is 9.18 Å². The van der Waals surface area contributed by atoms with Crippen LogP contribution in [0.4, 0.5) is 4.39 Å². The van der Waals surface area contributed by atoms with Crippen LogP contribution in [-0.2, 0) is 4.79 Å². The maximum Gasteiger partial charge on any atom is 0.308 e. The maximum atomic E-state index is 14.1. The Kier molecular flexibility index (Phi) is 3.26. The van der Waals surface area contributed by atoms with Crippen molar-refractivity contribution in [1.29, 1.82) is 0 Å². The molecule has 96 valence electrons. The molecule has 0 saturated heterocycles. The second-order valence-corrected chi connectivity index (χ2v) is 5.22. The lowest BCUT2D eigenvalue weighted by atomic mass is 10.1. The van der Waals surface area contributed by atoms with Crippen molar-refractivity contribution in [1.82, 2.24) is 0 Å². The molecule has 0 spiro atoms. The van der Waals surface area contributed by atoms with Crippen LogP contribution in [-0.4, -0.2) is 13.1 Å². The molecule has 0 fully saturated rings. The van der Waals surface area contributed by atoms with Gasteiger partial charge < -0.3 is 9.47 Å². The van der Waals surface area contributed by atoms with Crippen molar-refractivity contribution in [3.8, 4) is 11.5 Å². The van der Waals surface area contributed by atoms with Crippen LogP contribution in [0.5, 0.6) is 11.5 Å². The first kappa shape index (κ1) is 12.8. The molecule has 3 nitrogen and oxygen atoms in total. The third-order valence-corrected chi connectivity index (χ3v) is 3.73. The minimum Gasteiger partial charge on any atom is -0.494 e. The number of fused-ring (bicyclic) bond motifs is 1. The van der Waals surface area contributed by atoms with Crippen LogP contribution in [0.15, 0.2) is 6.07 Å². The Morgan fingerprint density at radius 3 is 2.61 bits per heavy atom. The van der Waals surface area contributed by atoms with Crippen LogP contribution in [0, 0.1) is 19.7 Å². The Balaban J connectivity index is 2.79. The van der Waals surface area contributed by atoms with Crippen LogP contribution in [0.3, 0.4) is 0 Å². The number of rotatable bonds is 2. The molecule has 1 aromatic carbocycles. The molecule has 0 unspecified atom stereocenters. The molecule has 18 heavy (non-hydrogen) atoms. The van der Waals surface area contributed by atoms with E-state index >= 15 is 0 Å². The maximum absolute atomic E-state index is 14.1. The number of ether oxygens (including phenoxy) is 2. The second kappa shape index (κ2) is 4.57. The molecule has 0 radical (unpaired) electrons. The lowest BCUT2D eigenvalue weighted by Gasteiger charge is -2.07. The molecule has 0 saturated carbocycles. The van der Waals surface area contributed by atoms with Crippen molar-refractivity contribution < 1.29 is 18.7 Å². The summed E-state index contributed by atoms with van der Waals surface area (Å²) in [6.07, 6.45) is 0. The monoisotopic (exact) mass is 268 g/mol. The van der Waals surface area contributed by atoms with E-state index in [-0.39, 0.29) is 5.75 Å². The van der Waals surface area contributed by atoms with Gasteiger partial charge in [0.15, 0.2) is 17.3 Å². The van der Waals surface area contributed by atoms with Gasteiger partial charge in [0.05, 0.1) is 11.8 Å². The number of esters is 1. The summed E-state index contributed by atoms with van der Waals surface area (Å²) in [4.78, 5) is 11.9. The van der Waals surface area contributed by atoms with Crippen LogP contribution in [0.25, 0.3) is 10.1 Å². The first-order valence-electron chi connectivity index (χ1n) is 5.40. The fourth-order valence-electron chi connectivity index (χ4n) is 1.90. The number of methoxy groups -OCH3 is 1. The molecule has 0 aliphatic heterocycles. The van der Waals surface area contributed by atoms with Gasteiger partial charge in [0.25, 0.3) is 0 Å². The molecule has 1 heterocycles. The molecule has 0 aliphatic rings. The van der Waals surface area contributed by atoms with Crippen molar-refractivity contribution in [3.63, 3.8) is 0 Å². The number of hydrogen-bond acceptors (Lipinski definition) is 4. The minimum atomic E-state index is -0.412. The Hall–Kier alpha value is -1.62. The Bertz CT molecular complexity index is 631. The third-order valence-electron chi connectivity index (χ3n) is 2.65. The average molecular weight is 268 g/mol. The minimum absolute atomic E-state index is 0.204. The third kappa shape index (κ3) is 1.95. The van der Waals surface area contributed by atoms with Gasteiger partial charge in [0, 0.05) is 17.2 Å². The summed E-state index contributed by atoms with van der Waals surface area (Å²) in [7, 11) is 1.43. The fraction of sp³-hybridized carbons (Fsp3) is 0.308. The number of halogens is 1. The quantitative estimate of drug-likeness (QED) is 0.781. The van der Waals surface area contributed by atoms with Crippen molar-refractivity contribution in [2.24, 2.45) is 0 Å². The molecule has 0 aliphatic carbocycles. The molecule has 0 bridgehead atoms. The summed E-state index contributed by atoms with van der Waals surface area (Å²) in [5.74, 6) is -0.171. The summed E-state index contributed by atoms with van der Waals surface area (Å²) in [6, 6.07) is 1.61. The summed E-state index contributed by atoms with van der Waals surface area (Å²) in [5.41, 5.74) is 0.823. The Labute approximate surface area is 108 Å². The molecule has 5 heteroatoms. The molecule has 0 amide bonds. The second-order valence-electron chi connectivity index (χ2n) is 3.99. The van der Waals surface area contributed by atoms with E-state index in [1.807, 2.05) is 6.92 Å². The smallest absolute Gasteiger partial charge is 0.308 e. The van der Waals surface area contributed by atoms with E-state index in [4.69, 9.17) is 9.47 Å². The van der Waals surface area contributed by atoms with Gasteiger partial charge >= 0.3 is 5.97 Å². The van der Waals surface area contributed by atoms with E-state index in [0.29, 0.717) is 15.8 Å². The SMILES string of the molecule is COc1cc(C)c2c(OC(C)=O)c(C)sc2c1F. The summed E-state index contributed by atoms with van der Waals surface area (Å²) in [6.45, 7) is 4.97. The van der Waals surface area contributed by atoms with Gasteiger partial charge in [-0.15, -0.1) is 11.3 Å². The summed E-state index contributed by atoms with van der Waals surface area (Å²) >= 11 is 1.26. The van der Waals surface area contributed by atoms with Crippen LogP contribution < -0.4 is 9.47 Å². The van der Waals surface area contributed by atoms with Gasteiger partial charge in [-0.3, -0.25) is 4.79 Å². The zero-order chi connectivity index (χ0) is 13.4. The van der Waals surface area contributed by atoms with Gasteiger partial charge in [-0.2, -0.15) is 0 Å². The number of carbonyl (C=O) groups is 1. The average Bonchev–Trinajstić information content (AvgIpc) is 2.61. The van der Waals surface area contributed by atoms with E-state index in [1.165, 1.54) is 25.4 Å². The van der Waals surface area contributed by atoms with Crippen molar-refractivity contribution in [3.05, 3.63) is 22.3 Å². The molecule has 2 rings (SSSR count). The van der Waals surface area contributed by atoms with Gasteiger partial charge in [0.2, 0.25) is 0 Å². The van der Waals surface area contributed by atoms with E-state index in [2.05, 4.69) is 0 Å². The highest BCUT2D eigenvalue weighted by atomic mass is 32.1. The standard InChI is InChI=1S/C13H13FO3S/c1-6-5-9(16-4)11(14)13-10(6)12(7(2)18-13)17-8(3)15/h5H,1-4H3. The van der Waals surface area contributed by atoms with Gasteiger partial charge in [0.1, 0.15) is 0 Å². The van der Waals surface area contributed by atoms with Gasteiger partial charge in [-0.05, 0) is 25.5 Å². The van der Waals surface area contributed by atoms with Gasteiger partial charge in [-0.1, -0.05) is 0 Å². The predicted octanol–water partition coefficient (Wildman–Crippen LogP) is 3.59. The fourth-order valence-corrected chi connectivity index (χ4v) is 2.99. The lowest BCUT2D eigenvalue weighted by Crippen LogP contribution is -2.02. The van der Waals surface area contributed by atoms with E-state index < -0.39 is 11.8 Å². The summed E-state index contributed by atoms with van der Waals surface area (Å²) < 4.78 is 24.7. The molecular formula is C13H13FO3S. The highest BCUT2D eigenvalue weighted by Crippen LogP contribution is 2.43. The molecular weight excluding hydrogens is 255 g/mol. The lowest BCUT2D eigenvalue weighted by molar-refractivity contribution is -0.131. The Morgan fingerprint density at radius 2 is 2.06 bits per heavy atom. The molecule has 0 atom stereocenters. The highest BCUT2D eigenvalue weighted by Gasteiger charge is 2.20. The zero-order valence-corrected chi connectivity index (χ0v) is 11.4. The topological polar surface area (TPSA) is 35.5 Å². The molecule has 2 aromatic rings. The first-order chi connectivity index (χ1) is 8.45. The molecule has 1 aromatic heterocycles. The van der Waals surface area contributed by atoms with E-state index in [1.54, 1.807) is 13.0 Å². The van der Waals surface area contributed by atoms with Crippen LogP contribution in [0.1, 0.15) is 17.4 Å². The normalized spacial score (nSPS) is 10.7. The van der Waals surface area contributed by atoms with Crippen LogP contribution >= 0.6 is 11.3 Å². The van der Waals surface area contributed by atoms with E-state index in [0.717, 1.165) is 10.4 Å². The van der Waals surface area contributed by atoms with Crippen molar-refractivity contribution in [2.45, 2.75) is 20.8 Å². The predicted molar refractivity (Wildman–Crippen MR) is 69.1 cm³/mol. The number of thiophene rings is 1. The largest absolute Gasteiger partial charge is 0.494 e. The van der Waals surface area contributed by atoms with Crippen molar-refractivity contribution >= 4 is 27.4 Å². The van der Waals surface area contributed by atoms with Crippen molar-refractivity contribution in [2.75, 3.05) is 7.11 Å². The summed E-state index contributed by atoms with van der Waals surface area (Å²) in [5, 5.41) is 0.644. The van der Waals surface area contributed by atoms with Crippen LogP contribution in [0.2, 0.25) is 0 Å². The number of benzene rings is 1. The number of hydrogen-bond donors (Lipinski definition) is 0. The zero-order valence-electron chi connectivity index (χ0n) is 10.6. The highest BCUT2D eigenvalue weighted by molar-refractivity contribution is 7.19. The number of aryl methyl sites for hydroxylation is 2. The first-order valence-corrected chi connectivity index (χ1v) is 6.22. The number of carbonyl (C=O) groups excluding carboxylic acids is 1.